The van der Waals surface area contributed by atoms with Crippen molar-refractivity contribution in [1.29, 1.82) is 0 Å². The summed E-state index contributed by atoms with van der Waals surface area (Å²) in [6.07, 6.45) is 6.92. The van der Waals surface area contributed by atoms with Crippen molar-refractivity contribution in [2.24, 2.45) is 4.99 Å². The number of nitrogens with zero attached hydrogens (tertiary/aromatic N) is 2. The summed E-state index contributed by atoms with van der Waals surface area (Å²) < 4.78 is 14.0. The van der Waals surface area contributed by atoms with E-state index >= 15 is 0 Å². The standard InChI is InChI=1S/C20H18FN3O/c21-17-5-4-6-18-19(17)16(20(25)23-18)13-22-14-7-9-15(10-8-14)24-11-2-1-3-12-24/h1-2,4-10,13,23,25H,3,11-12H2. The Morgan fingerprint density at radius 2 is 1.96 bits per heavy atom. The molecule has 4 rings (SSSR count). The maximum atomic E-state index is 14.0. The second kappa shape index (κ2) is 6.43. The van der Waals surface area contributed by atoms with Crippen LogP contribution >= 0.6 is 0 Å². The van der Waals surface area contributed by atoms with Crippen LogP contribution < -0.4 is 4.90 Å². The molecule has 2 heterocycles. The first-order chi connectivity index (χ1) is 12.2. The van der Waals surface area contributed by atoms with Crippen molar-refractivity contribution in [3.8, 4) is 5.88 Å². The number of hydrogen-bond donors (Lipinski definition) is 2. The highest BCUT2D eigenvalue weighted by Gasteiger charge is 2.12. The van der Waals surface area contributed by atoms with Crippen molar-refractivity contribution in [3.05, 3.63) is 66.0 Å². The van der Waals surface area contributed by atoms with Crippen LogP contribution in [-0.4, -0.2) is 29.4 Å². The van der Waals surface area contributed by atoms with Gasteiger partial charge in [-0.05, 0) is 42.8 Å². The lowest BCUT2D eigenvalue weighted by Crippen LogP contribution is -2.26. The third kappa shape index (κ3) is 3.01. The highest BCUT2D eigenvalue weighted by molar-refractivity contribution is 6.02. The molecule has 0 bridgehead atoms. The highest BCUT2D eigenvalue weighted by Crippen LogP contribution is 2.28. The molecule has 1 aliphatic heterocycles. The normalized spacial score (nSPS) is 14.7. The number of hydrogen-bond acceptors (Lipinski definition) is 3. The first kappa shape index (κ1) is 15.4. The van der Waals surface area contributed by atoms with E-state index in [1.807, 2.05) is 24.3 Å². The van der Waals surface area contributed by atoms with Gasteiger partial charge in [-0.15, -0.1) is 0 Å². The van der Waals surface area contributed by atoms with Gasteiger partial charge < -0.3 is 15.0 Å². The monoisotopic (exact) mass is 335 g/mol. The van der Waals surface area contributed by atoms with E-state index in [0.717, 1.165) is 30.9 Å². The van der Waals surface area contributed by atoms with Gasteiger partial charge in [-0.2, -0.15) is 0 Å². The van der Waals surface area contributed by atoms with Crippen LogP contribution in [0.4, 0.5) is 15.8 Å². The number of aromatic hydroxyl groups is 1. The van der Waals surface area contributed by atoms with Crippen LogP contribution in [-0.2, 0) is 0 Å². The lowest BCUT2D eigenvalue weighted by atomic mass is 10.1. The second-order valence-electron chi connectivity index (χ2n) is 6.03. The number of aliphatic imine (C=N–C) groups is 1. The van der Waals surface area contributed by atoms with Gasteiger partial charge in [0.2, 0.25) is 0 Å². The molecular weight excluding hydrogens is 317 g/mol. The highest BCUT2D eigenvalue weighted by atomic mass is 19.1. The fourth-order valence-corrected chi connectivity index (χ4v) is 3.11. The summed E-state index contributed by atoms with van der Waals surface area (Å²) in [5, 5.41) is 10.4. The van der Waals surface area contributed by atoms with Crippen LogP contribution in [0, 0.1) is 5.82 Å². The van der Waals surface area contributed by atoms with E-state index in [4.69, 9.17) is 0 Å². The predicted molar refractivity (Wildman–Crippen MR) is 99.6 cm³/mol. The Hall–Kier alpha value is -3.08. The van der Waals surface area contributed by atoms with Gasteiger partial charge in [0.25, 0.3) is 0 Å². The average molecular weight is 335 g/mol. The SMILES string of the molecule is Oc1[nH]c2cccc(F)c2c1C=Nc1ccc(N2CC=CCC2)cc1. The zero-order valence-electron chi connectivity index (χ0n) is 13.6. The van der Waals surface area contributed by atoms with E-state index in [1.54, 1.807) is 12.1 Å². The van der Waals surface area contributed by atoms with E-state index in [0.29, 0.717) is 16.5 Å². The van der Waals surface area contributed by atoms with Crippen LogP contribution in [0.2, 0.25) is 0 Å². The predicted octanol–water partition coefficient (Wildman–Crippen LogP) is 4.53. The molecule has 0 atom stereocenters. The molecule has 2 aromatic carbocycles. The molecule has 0 spiro atoms. The minimum atomic E-state index is -0.385. The Kier molecular flexibility index (Phi) is 3.98. The number of aromatic nitrogens is 1. The molecule has 0 unspecified atom stereocenters. The van der Waals surface area contributed by atoms with Crippen molar-refractivity contribution in [3.63, 3.8) is 0 Å². The molecule has 3 aromatic rings. The fourth-order valence-electron chi connectivity index (χ4n) is 3.11. The summed E-state index contributed by atoms with van der Waals surface area (Å²) in [5.74, 6) is -0.468. The van der Waals surface area contributed by atoms with Crippen molar-refractivity contribution in [2.75, 3.05) is 18.0 Å². The van der Waals surface area contributed by atoms with Crippen LogP contribution in [0.25, 0.3) is 10.9 Å². The van der Waals surface area contributed by atoms with Gasteiger partial charge in [0.05, 0.1) is 16.8 Å². The molecule has 0 aliphatic carbocycles. The third-order valence-electron chi connectivity index (χ3n) is 4.41. The molecule has 0 saturated heterocycles. The van der Waals surface area contributed by atoms with Gasteiger partial charge in [0.15, 0.2) is 5.88 Å². The van der Waals surface area contributed by atoms with Gasteiger partial charge in [-0.3, -0.25) is 4.99 Å². The lowest BCUT2D eigenvalue weighted by molar-refractivity contribution is 0.457. The largest absolute Gasteiger partial charge is 0.494 e. The summed E-state index contributed by atoms with van der Waals surface area (Å²) in [6, 6.07) is 12.6. The van der Waals surface area contributed by atoms with E-state index in [9.17, 15) is 9.50 Å². The molecule has 25 heavy (non-hydrogen) atoms. The average Bonchev–Trinajstić information content (AvgIpc) is 2.98. The van der Waals surface area contributed by atoms with Crippen LogP contribution in [0.3, 0.4) is 0 Å². The van der Waals surface area contributed by atoms with E-state index in [-0.39, 0.29) is 11.7 Å². The molecule has 0 saturated carbocycles. The number of H-pyrrole nitrogens is 1. The third-order valence-corrected chi connectivity index (χ3v) is 4.41. The summed E-state index contributed by atoms with van der Waals surface area (Å²) in [7, 11) is 0. The number of benzene rings is 2. The molecule has 5 heteroatoms. The van der Waals surface area contributed by atoms with Gasteiger partial charge >= 0.3 is 0 Å². The quantitative estimate of drug-likeness (QED) is 0.546. The first-order valence-corrected chi connectivity index (χ1v) is 8.25. The summed E-state index contributed by atoms with van der Waals surface area (Å²) >= 11 is 0. The minimum Gasteiger partial charge on any atom is -0.494 e. The lowest BCUT2D eigenvalue weighted by Gasteiger charge is -2.25. The molecule has 4 nitrogen and oxygen atoms in total. The molecule has 2 N–H and O–H groups in total. The number of rotatable bonds is 3. The Balaban J connectivity index is 1.60. The van der Waals surface area contributed by atoms with Gasteiger partial charge in [0, 0.05) is 30.4 Å². The van der Waals surface area contributed by atoms with Crippen LogP contribution in [0.15, 0.2) is 59.6 Å². The van der Waals surface area contributed by atoms with Crippen molar-refractivity contribution < 1.29 is 9.50 Å². The van der Waals surface area contributed by atoms with Crippen molar-refractivity contribution in [2.45, 2.75) is 6.42 Å². The molecular formula is C20H18FN3O. The molecule has 1 aliphatic rings. The fraction of sp³-hybridized carbons (Fsp3) is 0.150. The molecule has 0 fully saturated rings. The smallest absolute Gasteiger partial charge is 0.198 e. The van der Waals surface area contributed by atoms with Gasteiger partial charge in [-0.25, -0.2) is 4.39 Å². The summed E-state index contributed by atoms with van der Waals surface area (Å²) in [4.78, 5) is 9.45. The molecule has 0 radical (unpaired) electrons. The molecule has 1 aromatic heterocycles. The van der Waals surface area contributed by atoms with Crippen LogP contribution in [0.5, 0.6) is 5.88 Å². The van der Waals surface area contributed by atoms with E-state index in [2.05, 4.69) is 27.0 Å². The van der Waals surface area contributed by atoms with Crippen molar-refractivity contribution >= 4 is 28.5 Å². The summed E-state index contributed by atoms with van der Waals surface area (Å²) in [5.41, 5.74) is 2.82. The Bertz CT molecular complexity index is 957. The number of nitrogens with one attached hydrogen (secondary N) is 1. The van der Waals surface area contributed by atoms with Gasteiger partial charge in [-0.1, -0.05) is 18.2 Å². The van der Waals surface area contributed by atoms with Crippen molar-refractivity contribution in [1.82, 2.24) is 4.98 Å². The Labute approximate surface area is 144 Å². The maximum absolute atomic E-state index is 14.0. The van der Waals surface area contributed by atoms with Gasteiger partial charge in [0.1, 0.15) is 5.82 Å². The molecule has 126 valence electrons. The number of halogens is 1. The number of aromatic amines is 1. The Morgan fingerprint density at radius 1 is 1.12 bits per heavy atom. The first-order valence-electron chi connectivity index (χ1n) is 8.25. The second-order valence-corrected chi connectivity index (χ2v) is 6.03. The topological polar surface area (TPSA) is 51.6 Å². The summed E-state index contributed by atoms with van der Waals surface area (Å²) in [6.45, 7) is 1.94. The zero-order chi connectivity index (χ0) is 17.2. The number of anilines is 1. The number of fused-ring (bicyclic) bond motifs is 1. The van der Waals surface area contributed by atoms with E-state index in [1.165, 1.54) is 12.3 Å². The van der Waals surface area contributed by atoms with Crippen LogP contribution in [0.1, 0.15) is 12.0 Å². The maximum Gasteiger partial charge on any atom is 0.198 e. The van der Waals surface area contributed by atoms with E-state index < -0.39 is 0 Å². The molecule has 0 amide bonds. The Morgan fingerprint density at radius 3 is 2.72 bits per heavy atom. The zero-order valence-corrected chi connectivity index (χ0v) is 13.6. The minimum absolute atomic E-state index is 0.0828.